The molecule has 3 rings (SSSR count). The molecule has 186 valence electrons. The Morgan fingerprint density at radius 3 is 2.62 bits per heavy atom. The number of aryl methyl sites for hydroxylation is 1. The SMILES string of the molecule is CC(C)C[C@@H](NC(=O)[C@H]1C[C@@H](NS(=O)(=O)c2cn(C)cn2)CCN1C(=O)c1ccco1)C(N)=O. The number of hydrogen-bond donors (Lipinski definition) is 3. The van der Waals surface area contributed by atoms with Crippen LogP contribution in [0.2, 0.25) is 0 Å². The van der Waals surface area contributed by atoms with Crippen molar-refractivity contribution in [3.63, 3.8) is 0 Å². The van der Waals surface area contributed by atoms with Crippen LogP contribution in [0.3, 0.4) is 0 Å². The topological polar surface area (TPSA) is 170 Å². The highest BCUT2D eigenvalue weighted by molar-refractivity contribution is 7.89. The maximum Gasteiger partial charge on any atom is 0.290 e. The Kier molecular flexibility index (Phi) is 7.77. The Labute approximate surface area is 197 Å². The van der Waals surface area contributed by atoms with E-state index in [1.54, 1.807) is 13.1 Å². The third kappa shape index (κ3) is 6.03. The van der Waals surface area contributed by atoms with Crippen LogP contribution in [0, 0.1) is 5.92 Å². The number of likely N-dealkylation sites (tertiary alicyclic amines) is 1. The minimum atomic E-state index is -3.93. The number of piperidine rings is 1. The van der Waals surface area contributed by atoms with E-state index in [9.17, 15) is 22.8 Å². The second-order valence-electron chi connectivity index (χ2n) is 8.80. The first-order valence-electron chi connectivity index (χ1n) is 10.9. The molecule has 0 bridgehead atoms. The molecule has 12 nitrogen and oxygen atoms in total. The van der Waals surface area contributed by atoms with Crippen molar-refractivity contribution < 1.29 is 27.2 Å². The standard InChI is InChI=1S/C21H30N6O6S/c1-13(2)9-15(19(22)28)24-20(29)16-10-14(25-34(31,32)18-11-26(3)12-23-18)6-7-27(16)21(30)17-5-4-8-33-17/h4-5,8,11-16,25H,6-7,9-10H2,1-3H3,(H2,22,28)(H,24,29)/t14-,15+,16+/m0/s1. The molecule has 1 aliphatic heterocycles. The number of aromatic nitrogens is 2. The first kappa shape index (κ1) is 25.4. The molecule has 3 amide bonds. The maximum atomic E-state index is 13.2. The number of hydrogen-bond acceptors (Lipinski definition) is 7. The fraction of sp³-hybridized carbons (Fsp3) is 0.524. The number of sulfonamides is 1. The van der Waals surface area contributed by atoms with Gasteiger partial charge in [-0.25, -0.2) is 18.1 Å². The molecule has 3 heterocycles. The van der Waals surface area contributed by atoms with Crippen molar-refractivity contribution in [1.29, 1.82) is 0 Å². The van der Waals surface area contributed by atoms with E-state index in [0.717, 1.165) is 0 Å². The van der Waals surface area contributed by atoms with Crippen LogP contribution >= 0.6 is 0 Å². The molecular weight excluding hydrogens is 464 g/mol. The van der Waals surface area contributed by atoms with E-state index in [4.69, 9.17) is 10.2 Å². The molecule has 0 aromatic carbocycles. The van der Waals surface area contributed by atoms with Crippen molar-refractivity contribution in [1.82, 2.24) is 24.5 Å². The van der Waals surface area contributed by atoms with Gasteiger partial charge in [0.2, 0.25) is 11.8 Å². The first-order chi connectivity index (χ1) is 16.0. The molecule has 2 aromatic heterocycles. The second kappa shape index (κ2) is 10.4. The monoisotopic (exact) mass is 494 g/mol. The number of carbonyl (C=O) groups excluding carboxylic acids is 3. The van der Waals surface area contributed by atoms with E-state index in [1.807, 2.05) is 13.8 Å². The molecule has 4 N–H and O–H groups in total. The van der Waals surface area contributed by atoms with Crippen LogP contribution in [-0.4, -0.2) is 65.3 Å². The summed E-state index contributed by atoms with van der Waals surface area (Å²) in [5.41, 5.74) is 5.46. The van der Waals surface area contributed by atoms with Crippen molar-refractivity contribution in [2.45, 2.75) is 56.3 Å². The fourth-order valence-corrected chi connectivity index (χ4v) is 5.16. The minimum Gasteiger partial charge on any atom is -0.459 e. The number of carbonyl (C=O) groups is 3. The Morgan fingerprint density at radius 1 is 1.32 bits per heavy atom. The number of nitrogens with two attached hydrogens (primary N) is 1. The average molecular weight is 495 g/mol. The molecule has 3 atom stereocenters. The summed E-state index contributed by atoms with van der Waals surface area (Å²) < 4.78 is 34.8. The van der Waals surface area contributed by atoms with Crippen LogP contribution in [0.1, 0.15) is 43.7 Å². The van der Waals surface area contributed by atoms with Gasteiger partial charge in [0, 0.05) is 25.8 Å². The number of imidazole rings is 1. The lowest BCUT2D eigenvalue weighted by Gasteiger charge is -2.38. The molecule has 0 unspecified atom stereocenters. The average Bonchev–Trinajstić information content (AvgIpc) is 3.44. The van der Waals surface area contributed by atoms with E-state index in [0.29, 0.717) is 6.42 Å². The molecule has 1 saturated heterocycles. The number of nitrogens with zero attached hydrogens (tertiary/aromatic N) is 3. The van der Waals surface area contributed by atoms with Gasteiger partial charge in [-0.2, -0.15) is 0 Å². The van der Waals surface area contributed by atoms with Gasteiger partial charge < -0.3 is 24.9 Å². The van der Waals surface area contributed by atoms with Crippen molar-refractivity contribution >= 4 is 27.7 Å². The predicted molar refractivity (Wildman–Crippen MR) is 121 cm³/mol. The van der Waals surface area contributed by atoms with Crippen molar-refractivity contribution in [2.75, 3.05) is 6.54 Å². The van der Waals surface area contributed by atoms with E-state index < -0.39 is 45.9 Å². The Balaban J connectivity index is 1.82. The second-order valence-corrected chi connectivity index (χ2v) is 10.5. The van der Waals surface area contributed by atoms with Crippen molar-refractivity contribution in [3.05, 3.63) is 36.7 Å². The highest BCUT2D eigenvalue weighted by Crippen LogP contribution is 2.23. The summed E-state index contributed by atoms with van der Waals surface area (Å²) in [7, 11) is -2.28. The third-order valence-electron chi connectivity index (χ3n) is 5.54. The number of nitrogens with one attached hydrogen (secondary N) is 2. The van der Waals surface area contributed by atoms with Gasteiger partial charge in [-0.15, -0.1) is 0 Å². The smallest absolute Gasteiger partial charge is 0.290 e. The third-order valence-corrected chi connectivity index (χ3v) is 6.95. The summed E-state index contributed by atoms with van der Waals surface area (Å²) in [6.45, 7) is 3.87. The summed E-state index contributed by atoms with van der Waals surface area (Å²) in [5, 5.41) is 2.49. The Bertz CT molecular complexity index is 1130. The van der Waals surface area contributed by atoms with Crippen molar-refractivity contribution in [3.8, 4) is 0 Å². The zero-order valence-corrected chi connectivity index (χ0v) is 20.1. The van der Waals surface area contributed by atoms with Gasteiger partial charge in [-0.3, -0.25) is 14.4 Å². The molecule has 2 aromatic rings. The predicted octanol–water partition coefficient (Wildman–Crippen LogP) is -0.0190. The van der Waals surface area contributed by atoms with Gasteiger partial charge in [-0.05, 0) is 37.3 Å². The zero-order chi connectivity index (χ0) is 25.0. The van der Waals surface area contributed by atoms with E-state index in [-0.39, 0.29) is 36.1 Å². The maximum absolute atomic E-state index is 13.2. The molecule has 1 aliphatic rings. The molecular formula is C21H30N6O6S. The Hall–Kier alpha value is -3.19. The summed E-state index contributed by atoms with van der Waals surface area (Å²) in [4.78, 5) is 43.3. The van der Waals surface area contributed by atoms with Gasteiger partial charge >= 0.3 is 0 Å². The van der Waals surface area contributed by atoms with Crippen LogP contribution in [0.25, 0.3) is 0 Å². The summed E-state index contributed by atoms with van der Waals surface area (Å²) in [6, 6.07) is 0.441. The highest BCUT2D eigenvalue weighted by Gasteiger charge is 2.40. The molecule has 0 aliphatic carbocycles. The fourth-order valence-electron chi connectivity index (χ4n) is 3.90. The quantitative estimate of drug-likeness (QED) is 0.440. The van der Waals surface area contributed by atoms with Crippen LogP contribution in [-0.2, 0) is 26.7 Å². The summed E-state index contributed by atoms with van der Waals surface area (Å²) in [6.07, 6.45) is 4.68. The van der Waals surface area contributed by atoms with Gasteiger partial charge in [0.15, 0.2) is 10.8 Å². The molecule has 1 fully saturated rings. The van der Waals surface area contributed by atoms with E-state index >= 15 is 0 Å². The molecule has 34 heavy (non-hydrogen) atoms. The number of furan rings is 1. The minimum absolute atomic E-state index is 0.00247. The zero-order valence-electron chi connectivity index (χ0n) is 19.3. The molecule has 0 radical (unpaired) electrons. The number of rotatable bonds is 9. The van der Waals surface area contributed by atoms with E-state index in [1.165, 1.54) is 34.3 Å². The Morgan fingerprint density at radius 2 is 2.06 bits per heavy atom. The van der Waals surface area contributed by atoms with Crippen LogP contribution in [0.5, 0.6) is 0 Å². The highest BCUT2D eigenvalue weighted by atomic mass is 32.2. The van der Waals surface area contributed by atoms with Gasteiger partial charge in [-0.1, -0.05) is 13.8 Å². The lowest BCUT2D eigenvalue weighted by atomic mass is 9.95. The lowest BCUT2D eigenvalue weighted by Crippen LogP contribution is -2.59. The van der Waals surface area contributed by atoms with Gasteiger partial charge in [0.05, 0.1) is 12.6 Å². The normalized spacial score (nSPS) is 19.7. The summed E-state index contributed by atoms with van der Waals surface area (Å²) in [5.74, 6) is -1.64. The molecule has 0 spiro atoms. The molecule has 0 saturated carbocycles. The van der Waals surface area contributed by atoms with Crippen LogP contribution in [0.4, 0.5) is 0 Å². The van der Waals surface area contributed by atoms with Gasteiger partial charge in [0.1, 0.15) is 12.1 Å². The lowest BCUT2D eigenvalue weighted by molar-refractivity contribution is -0.131. The first-order valence-corrected chi connectivity index (χ1v) is 12.4. The molecule has 13 heteroatoms. The van der Waals surface area contributed by atoms with E-state index in [2.05, 4.69) is 15.0 Å². The number of primary amides is 1. The van der Waals surface area contributed by atoms with Crippen LogP contribution in [0.15, 0.2) is 40.4 Å². The largest absolute Gasteiger partial charge is 0.459 e. The number of amides is 3. The summed E-state index contributed by atoms with van der Waals surface area (Å²) >= 11 is 0. The van der Waals surface area contributed by atoms with Crippen molar-refractivity contribution in [2.24, 2.45) is 18.7 Å². The van der Waals surface area contributed by atoms with Gasteiger partial charge in [0.25, 0.3) is 15.9 Å². The van der Waals surface area contributed by atoms with Crippen LogP contribution < -0.4 is 15.8 Å².